The summed E-state index contributed by atoms with van der Waals surface area (Å²) in [7, 11) is 1.57. The number of fused-ring (bicyclic) bond motifs is 1. The van der Waals surface area contributed by atoms with Gasteiger partial charge >= 0.3 is 0 Å². The fraction of sp³-hybridized carbons (Fsp3) is 0.857. The Hall–Kier alpha value is -1.67. The molecule has 3 saturated heterocycles. The van der Waals surface area contributed by atoms with Crippen molar-refractivity contribution in [2.24, 2.45) is 11.8 Å². The van der Waals surface area contributed by atoms with Crippen LogP contribution in [0, 0.1) is 11.8 Å². The number of unbranched alkanes of at least 4 members (excludes halogenated alkanes) is 2. The summed E-state index contributed by atoms with van der Waals surface area (Å²) in [6.07, 6.45) is 4.75. The predicted molar refractivity (Wildman–Crippen MR) is 107 cm³/mol. The summed E-state index contributed by atoms with van der Waals surface area (Å²) >= 11 is 0. The minimum atomic E-state index is -1.01. The third-order valence-electron chi connectivity index (χ3n) is 7.21. The Morgan fingerprint density at radius 1 is 1.28 bits per heavy atom. The summed E-state index contributed by atoms with van der Waals surface area (Å²) in [6, 6.07) is -1.36. The molecule has 0 radical (unpaired) electrons. The molecule has 6 atom stereocenters. The van der Waals surface area contributed by atoms with Crippen LogP contribution < -0.4 is 10.6 Å². The third kappa shape index (κ3) is 3.15. The molecule has 2 bridgehead atoms. The second kappa shape index (κ2) is 8.22. The molecule has 0 aliphatic carbocycles. The van der Waals surface area contributed by atoms with Crippen molar-refractivity contribution in [1.82, 2.24) is 15.5 Å². The molecule has 3 amide bonds. The number of ether oxygens (including phenoxy) is 1. The molecule has 3 N–H and O–H groups in total. The summed E-state index contributed by atoms with van der Waals surface area (Å²) < 4.78 is 6.55. The largest absolute Gasteiger partial charge is 0.394 e. The van der Waals surface area contributed by atoms with Gasteiger partial charge in [-0.2, -0.15) is 0 Å². The highest BCUT2D eigenvalue weighted by atomic mass is 16.5. The van der Waals surface area contributed by atoms with Crippen LogP contribution in [0.4, 0.5) is 0 Å². The first-order chi connectivity index (χ1) is 13.8. The van der Waals surface area contributed by atoms with Gasteiger partial charge in [-0.1, -0.05) is 26.7 Å². The average Bonchev–Trinajstić information content (AvgIpc) is 3.33. The topological polar surface area (TPSA) is 108 Å². The van der Waals surface area contributed by atoms with E-state index in [1.807, 2.05) is 6.92 Å². The van der Waals surface area contributed by atoms with Crippen molar-refractivity contribution in [3.05, 3.63) is 0 Å². The van der Waals surface area contributed by atoms with Crippen LogP contribution in [-0.2, 0) is 19.1 Å². The lowest BCUT2D eigenvalue weighted by molar-refractivity contribution is -0.150. The van der Waals surface area contributed by atoms with Crippen LogP contribution >= 0.6 is 0 Å². The lowest BCUT2D eigenvalue weighted by atomic mass is 9.65. The maximum absolute atomic E-state index is 13.5. The minimum Gasteiger partial charge on any atom is -0.394 e. The number of likely N-dealkylation sites (tertiary alicyclic amines) is 1. The molecule has 0 aromatic heterocycles. The fourth-order valence-corrected chi connectivity index (χ4v) is 5.75. The summed E-state index contributed by atoms with van der Waals surface area (Å²) in [6.45, 7) is 6.08. The normalized spacial score (nSPS) is 36.2. The number of aliphatic hydroxyl groups excluding tert-OH is 1. The number of hydrogen-bond donors (Lipinski definition) is 3. The summed E-state index contributed by atoms with van der Waals surface area (Å²) in [5.74, 6) is -2.04. The van der Waals surface area contributed by atoms with Crippen LogP contribution in [-0.4, -0.2) is 71.2 Å². The minimum absolute atomic E-state index is 0.215. The molecule has 8 nitrogen and oxygen atoms in total. The molecule has 0 aromatic rings. The van der Waals surface area contributed by atoms with Crippen LogP contribution in [0.25, 0.3) is 0 Å². The van der Waals surface area contributed by atoms with Crippen LogP contribution in [0.3, 0.4) is 0 Å². The Labute approximate surface area is 172 Å². The summed E-state index contributed by atoms with van der Waals surface area (Å²) in [4.78, 5) is 41.1. The van der Waals surface area contributed by atoms with E-state index in [0.717, 1.165) is 19.3 Å². The van der Waals surface area contributed by atoms with Crippen LogP contribution in [0.2, 0.25) is 0 Å². The van der Waals surface area contributed by atoms with Crippen LogP contribution in [0.5, 0.6) is 0 Å². The lowest BCUT2D eigenvalue weighted by Gasteiger charge is -2.36. The molecule has 3 aliphatic heterocycles. The third-order valence-corrected chi connectivity index (χ3v) is 7.21. The molecular weight excluding hydrogens is 374 g/mol. The van der Waals surface area contributed by atoms with Gasteiger partial charge < -0.3 is 25.4 Å². The van der Waals surface area contributed by atoms with Gasteiger partial charge in [0, 0.05) is 13.6 Å². The maximum atomic E-state index is 13.5. The first kappa shape index (κ1) is 22.0. The van der Waals surface area contributed by atoms with Gasteiger partial charge in [0.2, 0.25) is 17.7 Å². The van der Waals surface area contributed by atoms with Gasteiger partial charge in [0.05, 0.1) is 30.1 Å². The Bertz CT molecular complexity index is 671. The Balaban J connectivity index is 1.99. The van der Waals surface area contributed by atoms with Crippen molar-refractivity contribution in [2.45, 2.75) is 82.6 Å². The number of rotatable bonds is 9. The van der Waals surface area contributed by atoms with Crippen molar-refractivity contribution >= 4 is 17.7 Å². The van der Waals surface area contributed by atoms with Gasteiger partial charge in [-0.05, 0) is 32.6 Å². The van der Waals surface area contributed by atoms with Gasteiger partial charge in [-0.3, -0.25) is 14.4 Å². The molecule has 3 aliphatic rings. The highest BCUT2D eigenvalue weighted by Gasteiger charge is 2.78. The molecule has 1 spiro atoms. The van der Waals surface area contributed by atoms with Crippen molar-refractivity contribution in [2.75, 3.05) is 20.2 Å². The molecule has 3 fully saturated rings. The zero-order valence-corrected chi connectivity index (χ0v) is 18.0. The van der Waals surface area contributed by atoms with Crippen molar-refractivity contribution < 1.29 is 24.2 Å². The number of nitrogens with zero attached hydrogens (tertiary/aromatic N) is 1. The van der Waals surface area contributed by atoms with E-state index in [4.69, 9.17) is 4.74 Å². The second-order valence-corrected chi connectivity index (χ2v) is 8.72. The number of carbonyl (C=O) groups excluding carboxylic acids is 3. The highest BCUT2D eigenvalue weighted by molar-refractivity contribution is 5.99. The fourth-order valence-electron chi connectivity index (χ4n) is 5.75. The molecule has 3 heterocycles. The van der Waals surface area contributed by atoms with E-state index in [2.05, 4.69) is 17.6 Å². The predicted octanol–water partition coefficient (Wildman–Crippen LogP) is 0.574. The van der Waals surface area contributed by atoms with Gasteiger partial charge in [-0.25, -0.2) is 0 Å². The monoisotopic (exact) mass is 409 g/mol. The Morgan fingerprint density at radius 2 is 2.00 bits per heavy atom. The molecule has 0 aromatic carbocycles. The molecule has 8 heteroatoms. The SMILES string of the molecule is CCCCCNC(=O)C1N([C@H](C)CO)C(=O)[C@@H]2[C@H](C(=O)NC)[C@]3(CC)CCC12O3. The lowest BCUT2D eigenvalue weighted by Crippen LogP contribution is -2.57. The van der Waals surface area contributed by atoms with Crippen LogP contribution in [0.1, 0.15) is 59.3 Å². The van der Waals surface area contributed by atoms with Crippen molar-refractivity contribution in [3.8, 4) is 0 Å². The Kier molecular flexibility index (Phi) is 6.24. The summed E-state index contributed by atoms with van der Waals surface area (Å²) in [5.41, 5.74) is -1.72. The molecule has 29 heavy (non-hydrogen) atoms. The van der Waals surface area contributed by atoms with E-state index in [1.54, 1.807) is 14.0 Å². The van der Waals surface area contributed by atoms with E-state index >= 15 is 0 Å². The van der Waals surface area contributed by atoms with E-state index in [-0.39, 0.29) is 24.3 Å². The molecule has 0 saturated carbocycles. The second-order valence-electron chi connectivity index (χ2n) is 8.72. The molecule has 2 unspecified atom stereocenters. The van der Waals surface area contributed by atoms with Gasteiger partial charge in [-0.15, -0.1) is 0 Å². The van der Waals surface area contributed by atoms with E-state index in [0.29, 0.717) is 25.8 Å². The van der Waals surface area contributed by atoms with E-state index in [9.17, 15) is 19.5 Å². The van der Waals surface area contributed by atoms with Gasteiger partial charge in [0.25, 0.3) is 0 Å². The van der Waals surface area contributed by atoms with E-state index in [1.165, 1.54) is 4.90 Å². The number of aliphatic hydroxyl groups is 1. The standard InChI is InChI=1S/C21H35N3O5/c1-5-7-8-11-23-18(27)16-21-10-9-20(6-2,29-21)14(17(26)22-4)15(21)19(28)24(16)13(3)12-25/h13-16,25H,5-12H2,1-4H3,(H,22,26)(H,23,27)/t13-,14-,15+,16?,20+,21?/m1/s1. The number of carbonyl (C=O) groups is 3. The first-order valence-corrected chi connectivity index (χ1v) is 11.0. The Morgan fingerprint density at radius 3 is 2.59 bits per heavy atom. The van der Waals surface area contributed by atoms with Gasteiger partial charge in [0.1, 0.15) is 11.6 Å². The van der Waals surface area contributed by atoms with E-state index < -0.39 is 35.1 Å². The number of hydrogen-bond acceptors (Lipinski definition) is 5. The average molecular weight is 410 g/mol. The highest BCUT2D eigenvalue weighted by Crippen LogP contribution is 2.64. The molecule has 164 valence electrons. The van der Waals surface area contributed by atoms with Crippen molar-refractivity contribution in [1.29, 1.82) is 0 Å². The van der Waals surface area contributed by atoms with Crippen molar-refractivity contribution in [3.63, 3.8) is 0 Å². The number of amides is 3. The summed E-state index contributed by atoms with van der Waals surface area (Å²) in [5, 5.41) is 15.4. The molecule has 3 rings (SSSR count). The zero-order valence-electron chi connectivity index (χ0n) is 18.0. The smallest absolute Gasteiger partial charge is 0.245 e. The maximum Gasteiger partial charge on any atom is 0.245 e. The zero-order chi connectivity index (χ0) is 21.4. The molecular formula is C21H35N3O5. The number of nitrogens with one attached hydrogen (secondary N) is 2. The first-order valence-electron chi connectivity index (χ1n) is 11.0. The van der Waals surface area contributed by atoms with Crippen LogP contribution in [0.15, 0.2) is 0 Å². The quantitative estimate of drug-likeness (QED) is 0.483. The van der Waals surface area contributed by atoms with Gasteiger partial charge in [0.15, 0.2) is 0 Å².